The van der Waals surface area contributed by atoms with E-state index >= 15 is 0 Å². The highest BCUT2D eigenvalue weighted by molar-refractivity contribution is 7.80. The topological polar surface area (TPSA) is 45.8 Å². The largest absolute Gasteiger partial charge is 0.490 e. The third kappa shape index (κ3) is 5.71. The van der Waals surface area contributed by atoms with Crippen molar-refractivity contribution in [3.05, 3.63) is 66.7 Å². The van der Waals surface area contributed by atoms with Crippen molar-refractivity contribution < 1.29 is 9.47 Å². The van der Waals surface area contributed by atoms with Crippen molar-refractivity contribution in [3.8, 4) is 5.75 Å². The second kappa shape index (κ2) is 10.1. The molecule has 1 fully saturated rings. The molecule has 0 aromatic heterocycles. The quantitative estimate of drug-likeness (QED) is 0.541. The summed E-state index contributed by atoms with van der Waals surface area (Å²) < 4.78 is 10.9. The van der Waals surface area contributed by atoms with Gasteiger partial charge in [0.1, 0.15) is 12.4 Å². The number of anilines is 2. The summed E-state index contributed by atoms with van der Waals surface area (Å²) in [5.74, 6) is 0.804. The number of rotatable bonds is 7. The summed E-state index contributed by atoms with van der Waals surface area (Å²) in [5, 5.41) is 7.13. The van der Waals surface area contributed by atoms with Gasteiger partial charge in [-0.05, 0) is 61.1 Å². The Kier molecular flexibility index (Phi) is 7.28. The van der Waals surface area contributed by atoms with E-state index in [1.54, 1.807) is 6.08 Å². The molecule has 3 rings (SSSR count). The molecule has 2 aromatic rings. The van der Waals surface area contributed by atoms with Gasteiger partial charge in [-0.25, -0.2) is 0 Å². The van der Waals surface area contributed by atoms with Crippen LogP contribution in [0.15, 0.2) is 61.2 Å². The number of morpholine rings is 1. The molecule has 1 atom stereocenters. The molecule has 0 amide bonds. The maximum absolute atomic E-state index is 5.49. The monoisotopic (exact) mass is 397 g/mol. The lowest BCUT2D eigenvalue weighted by molar-refractivity contribution is 0.122. The molecule has 6 heteroatoms. The van der Waals surface area contributed by atoms with Gasteiger partial charge in [0.25, 0.3) is 0 Å². The summed E-state index contributed by atoms with van der Waals surface area (Å²) in [5.41, 5.74) is 3.34. The van der Waals surface area contributed by atoms with Crippen molar-refractivity contribution in [3.63, 3.8) is 0 Å². The first-order valence-electron chi connectivity index (χ1n) is 9.49. The van der Waals surface area contributed by atoms with Gasteiger partial charge in [0.2, 0.25) is 0 Å². The van der Waals surface area contributed by atoms with Crippen molar-refractivity contribution in [2.24, 2.45) is 0 Å². The lowest BCUT2D eigenvalue weighted by atomic mass is 10.1. The number of nitrogens with one attached hydrogen (secondary N) is 2. The maximum atomic E-state index is 5.49. The lowest BCUT2D eigenvalue weighted by Gasteiger charge is -2.29. The summed E-state index contributed by atoms with van der Waals surface area (Å²) in [7, 11) is 0. The first kappa shape index (κ1) is 20.2. The van der Waals surface area contributed by atoms with Gasteiger partial charge in [-0.3, -0.25) is 0 Å². The van der Waals surface area contributed by atoms with Crippen LogP contribution in [-0.2, 0) is 4.74 Å². The van der Waals surface area contributed by atoms with E-state index in [9.17, 15) is 0 Å². The van der Waals surface area contributed by atoms with E-state index in [1.807, 2.05) is 24.3 Å². The van der Waals surface area contributed by atoms with Gasteiger partial charge in [0, 0.05) is 24.5 Å². The van der Waals surface area contributed by atoms with Crippen molar-refractivity contribution in [2.45, 2.75) is 13.0 Å². The van der Waals surface area contributed by atoms with E-state index in [0.29, 0.717) is 11.7 Å². The highest BCUT2D eigenvalue weighted by Gasteiger charge is 2.12. The zero-order chi connectivity index (χ0) is 19.8. The van der Waals surface area contributed by atoms with E-state index in [4.69, 9.17) is 21.7 Å². The Morgan fingerprint density at radius 3 is 2.50 bits per heavy atom. The molecule has 1 saturated heterocycles. The SMILES string of the molecule is C=CCOc1ccc(NC(=S)N[C@H](C)c2ccc(N3CCOCC3)cc2)cc1. The van der Waals surface area contributed by atoms with Crippen LogP contribution in [0.2, 0.25) is 0 Å². The Morgan fingerprint density at radius 2 is 1.86 bits per heavy atom. The van der Waals surface area contributed by atoms with Crippen molar-refractivity contribution in [1.82, 2.24) is 5.32 Å². The summed E-state index contributed by atoms with van der Waals surface area (Å²) >= 11 is 5.45. The predicted molar refractivity (Wildman–Crippen MR) is 119 cm³/mol. The van der Waals surface area contributed by atoms with Crippen LogP contribution < -0.4 is 20.3 Å². The molecular weight excluding hydrogens is 370 g/mol. The molecule has 2 aromatic carbocycles. The van der Waals surface area contributed by atoms with Crippen LogP contribution in [0.25, 0.3) is 0 Å². The smallest absolute Gasteiger partial charge is 0.171 e. The van der Waals surface area contributed by atoms with Crippen LogP contribution in [0.4, 0.5) is 11.4 Å². The molecule has 0 unspecified atom stereocenters. The van der Waals surface area contributed by atoms with E-state index in [2.05, 4.69) is 53.3 Å². The number of thiocarbonyl (C=S) groups is 1. The van der Waals surface area contributed by atoms with Crippen LogP contribution in [-0.4, -0.2) is 38.0 Å². The van der Waals surface area contributed by atoms with Gasteiger partial charge >= 0.3 is 0 Å². The molecular formula is C22H27N3O2S. The average molecular weight is 398 g/mol. The van der Waals surface area contributed by atoms with Crippen molar-refractivity contribution in [1.29, 1.82) is 0 Å². The van der Waals surface area contributed by atoms with Crippen LogP contribution >= 0.6 is 12.2 Å². The molecule has 1 aliphatic rings. The zero-order valence-corrected chi connectivity index (χ0v) is 17.0. The molecule has 0 bridgehead atoms. The third-order valence-electron chi connectivity index (χ3n) is 4.60. The normalized spacial score (nSPS) is 14.8. The molecule has 0 saturated carbocycles. The number of hydrogen-bond donors (Lipinski definition) is 2. The van der Waals surface area contributed by atoms with Gasteiger partial charge in [0.15, 0.2) is 5.11 Å². The number of benzene rings is 2. The standard InChI is InChI=1S/C22H27N3O2S/c1-3-14-27-21-10-6-19(7-11-21)24-22(28)23-17(2)18-4-8-20(9-5-18)25-12-15-26-16-13-25/h3-11,17H,1,12-16H2,2H3,(H2,23,24,28)/t17-/m1/s1. The van der Waals surface area contributed by atoms with Gasteiger partial charge in [0.05, 0.1) is 19.3 Å². The molecule has 28 heavy (non-hydrogen) atoms. The molecule has 0 spiro atoms. The number of hydrogen-bond acceptors (Lipinski definition) is 4. The summed E-state index contributed by atoms with van der Waals surface area (Å²) in [6.45, 7) is 9.71. The van der Waals surface area contributed by atoms with E-state index in [1.165, 1.54) is 11.3 Å². The van der Waals surface area contributed by atoms with E-state index in [-0.39, 0.29) is 6.04 Å². The molecule has 0 radical (unpaired) electrons. The Morgan fingerprint density at radius 1 is 1.18 bits per heavy atom. The first-order chi connectivity index (χ1) is 13.7. The first-order valence-corrected chi connectivity index (χ1v) is 9.90. The predicted octanol–water partition coefficient (Wildman–Crippen LogP) is 4.14. The maximum Gasteiger partial charge on any atom is 0.171 e. The lowest BCUT2D eigenvalue weighted by Crippen LogP contribution is -2.36. The number of ether oxygens (including phenoxy) is 2. The highest BCUT2D eigenvalue weighted by atomic mass is 32.1. The summed E-state index contributed by atoms with van der Waals surface area (Å²) in [6, 6.07) is 16.4. The summed E-state index contributed by atoms with van der Waals surface area (Å²) in [6.07, 6.45) is 1.72. The second-order valence-corrected chi connectivity index (χ2v) is 7.04. The average Bonchev–Trinajstić information content (AvgIpc) is 2.74. The molecule has 0 aliphatic carbocycles. The second-order valence-electron chi connectivity index (χ2n) is 6.64. The van der Waals surface area contributed by atoms with Crippen molar-refractivity contribution >= 4 is 28.7 Å². The van der Waals surface area contributed by atoms with Gasteiger partial charge < -0.3 is 25.0 Å². The van der Waals surface area contributed by atoms with Crippen molar-refractivity contribution in [2.75, 3.05) is 43.1 Å². The Balaban J connectivity index is 1.51. The fourth-order valence-corrected chi connectivity index (χ4v) is 3.33. The van der Waals surface area contributed by atoms with Gasteiger partial charge in [-0.1, -0.05) is 24.8 Å². The minimum Gasteiger partial charge on any atom is -0.490 e. The van der Waals surface area contributed by atoms with E-state index < -0.39 is 0 Å². The molecule has 148 valence electrons. The molecule has 1 heterocycles. The Hall–Kier alpha value is -2.57. The third-order valence-corrected chi connectivity index (χ3v) is 4.82. The van der Waals surface area contributed by atoms with Crippen LogP contribution in [0, 0.1) is 0 Å². The van der Waals surface area contributed by atoms with Gasteiger partial charge in [-0.15, -0.1) is 0 Å². The van der Waals surface area contributed by atoms with E-state index in [0.717, 1.165) is 37.7 Å². The minimum absolute atomic E-state index is 0.105. The highest BCUT2D eigenvalue weighted by Crippen LogP contribution is 2.21. The van der Waals surface area contributed by atoms with Crippen LogP contribution in [0.3, 0.4) is 0 Å². The van der Waals surface area contributed by atoms with Crippen LogP contribution in [0.1, 0.15) is 18.5 Å². The Labute approximate surface area is 172 Å². The van der Waals surface area contributed by atoms with Crippen LogP contribution in [0.5, 0.6) is 5.75 Å². The molecule has 2 N–H and O–H groups in total. The minimum atomic E-state index is 0.105. The number of nitrogens with zero attached hydrogens (tertiary/aromatic N) is 1. The van der Waals surface area contributed by atoms with Gasteiger partial charge in [-0.2, -0.15) is 0 Å². The summed E-state index contributed by atoms with van der Waals surface area (Å²) in [4.78, 5) is 2.35. The molecule has 1 aliphatic heterocycles. The fraction of sp³-hybridized carbons (Fsp3) is 0.318. The Bertz CT molecular complexity index is 771. The zero-order valence-electron chi connectivity index (χ0n) is 16.2. The fourth-order valence-electron chi connectivity index (χ4n) is 3.03. The molecule has 5 nitrogen and oxygen atoms in total.